The van der Waals surface area contributed by atoms with Crippen molar-refractivity contribution in [3.8, 4) is 16.9 Å². The summed E-state index contributed by atoms with van der Waals surface area (Å²) in [5, 5.41) is 9.28. The van der Waals surface area contributed by atoms with Gasteiger partial charge in [0.05, 0.1) is 11.2 Å². The zero-order valence-electron chi connectivity index (χ0n) is 7.92. The first-order chi connectivity index (χ1) is 7.59. The van der Waals surface area contributed by atoms with Crippen molar-refractivity contribution in [2.24, 2.45) is 0 Å². The molecular weight excluding hydrogens is 296 g/mol. The number of hydrogen-bond acceptors (Lipinski definition) is 2. The summed E-state index contributed by atoms with van der Waals surface area (Å²) in [5.74, 6) is -0.556. The quantitative estimate of drug-likeness (QED) is 0.807. The van der Waals surface area contributed by atoms with Gasteiger partial charge in [-0.15, -0.1) is 0 Å². The third-order valence-corrected chi connectivity index (χ3v) is 3.33. The number of pyridine rings is 1. The molecule has 1 aromatic heterocycles. The van der Waals surface area contributed by atoms with Crippen molar-refractivity contribution in [2.45, 2.75) is 0 Å². The molecule has 0 spiro atoms. The van der Waals surface area contributed by atoms with Crippen LogP contribution in [0, 0.1) is 5.82 Å². The molecule has 0 saturated heterocycles. The Morgan fingerprint density at radius 1 is 1.31 bits per heavy atom. The lowest BCUT2D eigenvalue weighted by Crippen LogP contribution is -1.87. The molecule has 2 aromatic rings. The highest BCUT2D eigenvalue weighted by molar-refractivity contribution is 9.10. The van der Waals surface area contributed by atoms with E-state index in [-0.39, 0.29) is 10.8 Å². The van der Waals surface area contributed by atoms with E-state index in [9.17, 15) is 9.50 Å². The third kappa shape index (κ3) is 2.03. The van der Waals surface area contributed by atoms with Gasteiger partial charge >= 0.3 is 0 Å². The van der Waals surface area contributed by atoms with Gasteiger partial charge in [-0.3, -0.25) is 4.98 Å². The Hall–Kier alpha value is -1.13. The Bertz CT molecular complexity index is 548. The van der Waals surface area contributed by atoms with Crippen LogP contribution >= 0.6 is 27.5 Å². The molecule has 0 fully saturated rings. The first-order valence-corrected chi connectivity index (χ1v) is 5.54. The van der Waals surface area contributed by atoms with E-state index in [2.05, 4.69) is 20.9 Å². The molecule has 0 amide bonds. The summed E-state index contributed by atoms with van der Waals surface area (Å²) in [5.41, 5.74) is 0.781. The molecular formula is C11H6BrClFNO. The Balaban J connectivity index is 2.61. The van der Waals surface area contributed by atoms with Crippen molar-refractivity contribution in [1.29, 1.82) is 0 Å². The number of aromatic hydroxyl groups is 1. The second-order valence-corrected chi connectivity index (χ2v) is 4.39. The van der Waals surface area contributed by atoms with E-state index < -0.39 is 5.82 Å². The van der Waals surface area contributed by atoms with Crippen LogP contribution in [0.15, 0.2) is 35.1 Å². The van der Waals surface area contributed by atoms with E-state index in [1.807, 2.05) is 0 Å². The van der Waals surface area contributed by atoms with Gasteiger partial charge in [0.25, 0.3) is 0 Å². The molecule has 1 N–H and O–H groups in total. The minimum Gasteiger partial charge on any atom is -0.506 e. The highest BCUT2D eigenvalue weighted by Gasteiger charge is 2.12. The Morgan fingerprint density at radius 3 is 2.75 bits per heavy atom. The van der Waals surface area contributed by atoms with E-state index >= 15 is 0 Å². The van der Waals surface area contributed by atoms with Gasteiger partial charge in [0.15, 0.2) is 5.82 Å². The molecule has 0 aliphatic rings. The van der Waals surface area contributed by atoms with Crippen LogP contribution in [0.1, 0.15) is 0 Å². The van der Waals surface area contributed by atoms with Crippen LogP contribution in [0.4, 0.5) is 4.39 Å². The first-order valence-electron chi connectivity index (χ1n) is 4.37. The van der Waals surface area contributed by atoms with Crippen LogP contribution in [0.3, 0.4) is 0 Å². The number of rotatable bonds is 1. The standard InChI is InChI=1S/C11H6BrClFNO/c12-9-2-1-8(11(14)10(9)13)6-3-7(16)5-15-4-6/h1-5,16H. The van der Waals surface area contributed by atoms with Crippen molar-refractivity contribution in [3.63, 3.8) is 0 Å². The van der Waals surface area contributed by atoms with Gasteiger partial charge < -0.3 is 5.11 Å². The summed E-state index contributed by atoms with van der Waals surface area (Å²) in [6.45, 7) is 0. The molecule has 0 radical (unpaired) electrons. The maximum absolute atomic E-state index is 13.8. The Morgan fingerprint density at radius 2 is 2.06 bits per heavy atom. The number of aromatic nitrogens is 1. The summed E-state index contributed by atoms with van der Waals surface area (Å²) in [6, 6.07) is 4.64. The predicted octanol–water partition coefficient (Wildman–Crippen LogP) is 4.01. The summed E-state index contributed by atoms with van der Waals surface area (Å²) >= 11 is 8.90. The normalized spacial score (nSPS) is 10.4. The zero-order valence-corrected chi connectivity index (χ0v) is 10.3. The maximum atomic E-state index is 13.8. The van der Waals surface area contributed by atoms with Gasteiger partial charge in [0, 0.05) is 21.8 Å². The fourth-order valence-electron chi connectivity index (χ4n) is 1.32. The maximum Gasteiger partial charge on any atom is 0.150 e. The van der Waals surface area contributed by atoms with Crippen LogP contribution in [-0.4, -0.2) is 10.1 Å². The zero-order chi connectivity index (χ0) is 11.7. The van der Waals surface area contributed by atoms with Crippen LogP contribution in [0.5, 0.6) is 5.75 Å². The molecule has 2 nitrogen and oxygen atoms in total. The van der Waals surface area contributed by atoms with Crippen molar-refractivity contribution in [3.05, 3.63) is 45.9 Å². The topological polar surface area (TPSA) is 33.1 Å². The molecule has 5 heteroatoms. The molecule has 0 unspecified atom stereocenters. The lowest BCUT2D eigenvalue weighted by molar-refractivity contribution is 0.473. The lowest BCUT2D eigenvalue weighted by atomic mass is 10.1. The summed E-state index contributed by atoms with van der Waals surface area (Å²) in [4.78, 5) is 3.78. The average molecular weight is 303 g/mol. The van der Waals surface area contributed by atoms with Crippen LogP contribution in [0.25, 0.3) is 11.1 Å². The van der Waals surface area contributed by atoms with E-state index in [0.29, 0.717) is 15.6 Å². The molecule has 0 bridgehead atoms. The van der Waals surface area contributed by atoms with Crippen LogP contribution < -0.4 is 0 Å². The van der Waals surface area contributed by atoms with Crippen molar-refractivity contribution < 1.29 is 9.50 Å². The Kier molecular flexibility index (Phi) is 3.12. The molecule has 1 aromatic carbocycles. The molecule has 1 heterocycles. The molecule has 2 rings (SSSR count). The van der Waals surface area contributed by atoms with Crippen molar-refractivity contribution in [2.75, 3.05) is 0 Å². The van der Waals surface area contributed by atoms with Crippen molar-refractivity contribution >= 4 is 27.5 Å². The number of nitrogens with zero attached hydrogens (tertiary/aromatic N) is 1. The van der Waals surface area contributed by atoms with E-state index in [0.717, 1.165) is 0 Å². The highest BCUT2D eigenvalue weighted by Crippen LogP contribution is 2.33. The van der Waals surface area contributed by atoms with Gasteiger partial charge in [-0.25, -0.2) is 4.39 Å². The minimum atomic E-state index is -0.538. The molecule has 16 heavy (non-hydrogen) atoms. The monoisotopic (exact) mass is 301 g/mol. The smallest absolute Gasteiger partial charge is 0.150 e. The number of halogens is 3. The number of hydrogen-bond donors (Lipinski definition) is 1. The minimum absolute atomic E-state index is 0.0147. The molecule has 0 aliphatic heterocycles. The molecule has 0 aliphatic carbocycles. The van der Waals surface area contributed by atoms with E-state index in [1.165, 1.54) is 18.5 Å². The third-order valence-electron chi connectivity index (χ3n) is 2.07. The fraction of sp³-hybridized carbons (Fsp3) is 0. The first kappa shape index (κ1) is 11.4. The van der Waals surface area contributed by atoms with E-state index in [1.54, 1.807) is 12.1 Å². The molecule has 0 atom stereocenters. The van der Waals surface area contributed by atoms with Gasteiger partial charge in [0.1, 0.15) is 5.75 Å². The number of benzene rings is 1. The molecule has 82 valence electrons. The molecule has 0 saturated carbocycles. The van der Waals surface area contributed by atoms with Crippen LogP contribution in [-0.2, 0) is 0 Å². The predicted molar refractivity (Wildman–Crippen MR) is 64.0 cm³/mol. The second kappa shape index (κ2) is 4.39. The Labute approximate surface area is 105 Å². The SMILES string of the molecule is Oc1cncc(-c2ccc(Br)c(Cl)c2F)c1. The van der Waals surface area contributed by atoms with Gasteiger partial charge in [-0.05, 0) is 28.1 Å². The van der Waals surface area contributed by atoms with Crippen LogP contribution in [0.2, 0.25) is 5.02 Å². The van der Waals surface area contributed by atoms with Crippen molar-refractivity contribution in [1.82, 2.24) is 4.98 Å². The summed E-state index contributed by atoms with van der Waals surface area (Å²) in [6.07, 6.45) is 2.74. The second-order valence-electron chi connectivity index (χ2n) is 3.15. The fourth-order valence-corrected chi connectivity index (χ4v) is 1.79. The van der Waals surface area contributed by atoms with E-state index in [4.69, 9.17) is 11.6 Å². The highest BCUT2D eigenvalue weighted by atomic mass is 79.9. The largest absolute Gasteiger partial charge is 0.506 e. The van der Waals surface area contributed by atoms with Gasteiger partial charge in [-0.1, -0.05) is 17.7 Å². The summed E-state index contributed by atoms with van der Waals surface area (Å²) in [7, 11) is 0. The lowest BCUT2D eigenvalue weighted by Gasteiger charge is -2.06. The summed E-state index contributed by atoms with van der Waals surface area (Å²) < 4.78 is 14.3. The van der Waals surface area contributed by atoms with Gasteiger partial charge in [-0.2, -0.15) is 0 Å². The van der Waals surface area contributed by atoms with Gasteiger partial charge in [0.2, 0.25) is 0 Å². The average Bonchev–Trinajstić information content (AvgIpc) is 2.26.